The molecular formula is C15H10FN3S. The predicted octanol–water partition coefficient (Wildman–Crippen LogP) is 4.36. The molecule has 3 aromatic rings. The molecule has 0 aliphatic rings. The summed E-state index contributed by atoms with van der Waals surface area (Å²) in [4.78, 5) is 4.47. The lowest BCUT2D eigenvalue weighted by atomic mass is 10.2. The Bertz CT molecular complexity index is 833. The number of para-hydroxylation sites is 1. The Labute approximate surface area is 119 Å². The molecule has 20 heavy (non-hydrogen) atoms. The third-order valence-corrected chi connectivity index (χ3v) is 3.90. The molecule has 3 rings (SSSR count). The highest BCUT2D eigenvalue weighted by Crippen LogP contribution is 2.30. The lowest BCUT2D eigenvalue weighted by Gasteiger charge is -2.03. The van der Waals surface area contributed by atoms with Gasteiger partial charge in [-0.2, -0.15) is 5.26 Å². The first-order valence-electron chi connectivity index (χ1n) is 6.00. The number of halogens is 1. The number of hydrogen-bond donors (Lipinski definition) is 1. The van der Waals surface area contributed by atoms with Gasteiger partial charge in [-0.3, -0.25) is 0 Å². The van der Waals surface area contributed by atoms with E-state index in [1.807, 2.05) is 31.2 Å². The fourth-order valence-corrected chi connectivity index (χ4v) is 2.90. The molecule has 1 aromatic heterocycles. The molecule has 0 aliphatic heterocycles. The Morgan fingerprint density at radius 3 is 2.85 bits per heavy atom. The van der Waals surface area contributed by atoms with Crippen molar-refractivity contribution in [1.29, 1.82) is 5.26 Å². The van der Waals surface area contributed by atoms with E-state index in [9.17, 15) is 4.39 Å². The van der Waals surface area contributed by atoms with E-state index in [1.165, 1.54) is 17.4 Å². The number of nitrogens with zero attached hydrogens (tertiary/aromatic N) is 2. The summed E-state index contributed by atoms with van der Waals surface area (Å²) < 4.78 is 14.9. The third-order valence-electron chi connectivity index (χ3n) is 2.96. The van der Waals surface area contributed by atoms with Gasteiger partial charge in [0.25, 0.3) is 0 Å². The minimum absolute atomic E-state index is 0.299. The predicted molar refractivity (Wildman–Crippen MR) is 78.8 cm³/mol. The Morgan fingerprint density at radius 1 is 1.30 bits per heavy atom. The highest BCUT2D eigenvalue weighted by atomic mass is 32.1. The molecule has 0 aliphatic carbocycles. The first-order valence-corrected chi connectivity index (χ1v) is 6.82. The van der Waals surface area contributed by atoms with Gasteiger partial charge in [0.2, 0.25) is 0 Å². The molecule has 0 amide bonds. The van der Waals surface area contributed by atoms with E-state index < -0.39 is 5.82 Å². The number of thiazole rings is 1. The van der Waals surface area contributed by atoms with E-state index in [4.69, 9.17) is 5.26 Å². The molecule has 0 saturated carbocycles. The molecule has 2 aromatic carbocycles. The fraction of sp³-hybridized carbons (Fsp3) is 0.0667. The number of hydrogen-bond acceptors (Lipinski definition) is 4. The van der Waals surface area contributed by atoms with Gasteiger partial charge in [-0.15, -0.1) is 0 Å². The van der Waals surface area contributed by atoms with Crippen LogP contribution in [0.25, 0.3) is 10.2 Å². The lowest BCUT2D eigenvalue weighted by molar-refractivity contribution is 0.631. The smallest absolute Gasteiger partial charge is 0.188 e. The number of aromatic nitrogens is 1. The van der Waals surface area contributed by atoms with Crippen LogP contribution in [0.3, 0.4) is 0 Å². The summed E-state index contributed by atoms with van der Waals surface area (Å²) in [6.45, 7) is 1.99. The summed E-state index contributed by atoms with van der Waals surface area (Å²) in [5.41, 5.74) is 2.63. The molecule has 3 nitrogen and oxygen atoms in total. The van der Waals surface area contributed by atoms with E-state index in [2.05, 4.69) is 10.3 Å². The summed E-state index contributed by atoms with van der Waals surface area (Å²) in [5, 5.41) is 12.3. The first-order chi connectivity index (χ1) is 9.67. The zero-order chi connectivity index (χ0) is 14.1. The first kappa shape index (κ1) is 12.6. The quantitative estimate of drug-likeness (QED) is 0.760. The van der Waals surface area contributed by atoms with Crippen LogP contribution in [0.1, 0.15) is 11.1 Å². The molecule has 0 bridgehead atoms. The van der Waals surface area contributed by atoms with Gasteiger partial charge in [0, 0.05) is 0 Å². The molecule has 1 heterocycles. The van der Waals surface area contributed by atoms with Crippen molar-refractivity contribution in [2.45, 2.75) is 6.92 Å². The van der Waals surface area contributed by atoms with Crippen LogP contribution in [-0.4, -0.2) is 4.98 Å². The summed E-state index contributed by atoms with van der Waals surface area (Å²) in [6.07, 6.45) is 0. The molecule has 0 unspecified atom stereocenters. The number of benzene rings is 2. The van der Waals surface area contributed by atoms with Gasteiger partial charge in [0.15, 0.2) is 5.13 Å². The second-order valence-electron chi connectivity index (χ2n) is 4.37. The average Bonchev–Trinajstić information content (AvgIpc) is 2.85. The molecular weight excluding hydrogens is 273 g/mol. The maximum atomic E-state index is 13.8. The van der Waals surface area contributed by atoms with E-state index in [0.29, 0.717) is 16.4 Å². The average molecular weight is 283 g/mol. The van der Waals surface area contributed by atoms with Crippen LogP contribution in [0.5, 0.6) is 0 Å². The molecule has 0 spiro atoms. The van der Waals surface area contributed by atoms with Crippen LogP contribution in [0.2, 0.25) is 0 Å². The van der Waals surface area contributed by atoms with Gasteiger partial charge in [0.05, 0.1) is 27.5 Å². The van der Waals surface area contributed by atoms with E-state index in [1.54, 1.807) is 12.1 Å². The van der Waals surface area contributed by atoms with Crippen molar-refractivity contribution in [3.8, 4) is 6.07 Å². The van der Waals surface area contributed by atoms with Crippen molar-refractivity contribution >= 4 is 32.4 Å². The van der Waals surface area contributed by atoms with E-state index in [-0.39, 0.29) is 0 Å². The van der Waals surface area contributed by atoms with Crippen LogP contribution in [0, 0.1) is 24.1 Å². The summed E-state index contributed by atoms with van der Waals surface area (Å²) in [5.74, 6) is -0.458. The van der Waals surface area contributed by atoms with Crippen LogP contribution in [-0.2, 0) is 0 Å². The minimum Gasteiger partial charge on any atom is -0.329 e. The summed E-state index contributed by atoms with van der Waals surface area (Å²) >= 11 is 1.47. The van der Waals surface area contributed by atoms with E-state index in [0.717, 1.165) is 15.8 Å². The topological polar surface area (TPSA) is 48.7 Å². The van der Waals surface area contributed by atoms with Crippen molar-refractivity contribution in [2.75, 3.05) is 5.32 Å². The molecule has 0 fully saturated rings. The van der Waals surface area contributed by atoms with Gasteiger partial charge in [-0.1, -0.05) is 23.5 Å². The van der Waals surface area contributed by atoms with E-state index >= 15 is 0 Å². The zero-order valence-electron chi connectivity index (χ0n) is 10.6. The van der Waals surface area contributed by atoms with Crippen molar-refractivity contribution in [2.24, 2.45) is 0 Å². The van der Waals surface area contributed by atoms with Crippen LogP contribution in [0.15, 0.2) is 36.4 Å². The third kappa shape index (κ3) is 2.22. The SMILES string of the molecule is Cc1cccc2sc(Nc3ccc(C#N)cc3F)nc12. The standard InChI is InChI=1S/C15H10FN3S/c1-9-3-2-4-13-14(9)19-15(20-13)18-12-6-5-10(8-17)7-11(12)16/h2-7H,1H3,(H,18,19). The maximum absolute atomic E-state index is 13.8. The molecule has 0 radical (unpaired) electrons. The minimum atomic E-state index is -0.458. The Hall–Kier alpha value is -2.45. The van der Waals surface area contributed by atoms with Gasteiger partial charge < -0.3 is 5.32 Å². The number of nitrogens with one attached hydrogen (secondary N) is 1. The second-order valence-corrected chi connectivity index (χ2v) is 5.40. The summed E-state index contributed by atoms with van der Waals surface area (Å²) in [6, 6.07) is 12.2. The Kier molecular flexibility index (Phi) is 3.09. The zero-order valence-corrected chi connectivity index (χ0v) is 11.5. The number of rotatable bonds is 2. The van der Waals surface area contributed by atoms with Crippen LogP contribution < -0.4 is 5.32 Å². The molecule has 1 N–H and O–H groups in total. The molecule has 98 valence electrons. The van der Waals surface area contributed by atoms with Crippen LogP contribution in [0.4, 0.5) is 15.2 Å². The largest absolute Gasteiger partial charge is 0.329 e. The Morgan fingerprint density at radius 2 is 2.15 bits per heavy atom. The summed E-state index contributed by atoms with van der Waals surface area (Å²) in [7, 11) is 0. The van der Waals surface area contributed by atoms with Crippen LogP contribution >= 0.6 is 11.3 Å². The molecule has 0 saturated heterocycles. The fourth-order valence-electron chi connectivity index (χ4n) is 1.94. The second kappa shape index (κ2) is 4.91. The highest BCUT2D eigenvalue weighted by Gasteiger charge is 2.09. The number of nitriles is 1. The van der Waals surface area contributed by atoms with Gasteiger partial charge in [-0.05, 0) is 36.8 Å². The van der Waals surface area contributed by atoms with Gasteiger partial charge in [0.1, 0.15) is 5.82 Å². The van der Waals surface area contributed by atoms with Crippen molar-refractivity contribution < 1.29 is 4.39 Å². The van der Waals surface area contributed by atoms with Crippen molar-refractivity contribution in [3.63, 3.8) is 0 Å². The lowest BCUT2D eigenvalue weighted by Crippen LogP contribution is -1.93. The normalized spacial score (nSPS) is 10.4. The maximum Gasteiger partial charge on any atom is 0.188 e. The molecule has 0 atom stereocenters. The molecule has 5 heteroatoms. The van der Waals surface area contributed by atoms with Crippen molar-refractivity contribution in [3.05, 3.63) is 53.3 Å². The number of aryl methyl sites for hydroxylation is 1. The van der Waals surface area contributed by atoms with Gasteiger partial charge in [-0.25, -0.2) is 9.37 Å². The van der Waals surface area contributed by atoms with Gasteiger partial charge >= 0.3 is 0 Å². The Balaban J connectivity index is 1.97. The highest BCUT2D eigenvalue weighted by molar-refractivity contribution is 7.22. The number of anilines is 2. The monoisotopic (exact) mass is 283 g/mol. The van der Waals surface area contributed by atoms with Crippen molar-refractivity contribution in [1.82, 2.24) is 4.98 Å². The number of fused-ring (bicyclic) bond motifs is 1.